The molecule has 0 aliphatic carbocycles. The maximum Gasteiger partial charge on any atom is 0.304 e. The van der Waals surface area contributed by atoms with Crippen molar-refractivity contribution in [3.8, 4) is 0 Å². The van der Waals surface area contributed by atoms with E-state index in [9.17, 15) is 4.79 Å². The number of carbonyl (C=O) groups is 1. The van der Waals surface area contributed by atoms with Crippen molar-refractivity contribution < 1.29 is 9.90 Å². The van der Waals surface area contributed by atoms with Gasteiger partial charge in [0, 0.05) is 36.0 Å². The fourth-order valence-corrected chi connectivity index (χ4v) is 3.95. The molecule has 1 saturated heterocycles. The zero-order chi connectivity index (χ0) is 13.0. The summed E-state index contributed by atoms with van der Waals surface area (Å²) in [5.41, 5.74) is 1.08. The topological polar surface area (TPSA) is 53.4 Å². The second-order valence-electron chi connectivity index (χ2n) is 4.38. The average molecular weight is 286 g/mol. The zero-order valence-electron chi connectivity index (χ0n) is 10.5. The molecule has 0 radical (unpaired) electrons. The third-order valence-electron chi connectivity index (χ3n) is 3.03. The molecule has 1 fully saturated rings. The maximum atomic E-state index is 10.9. The van der Waals surface area contributed by atoms with Gasteiger partial charge in [-0.3, -0.25) is 9.69 Å². The van der Waals surface area contributed by atoms with Crippen molar-refractivity contribution in [3.63, 3.8) is 0 Å². The van der Waals surface area contributed by atoms with E-state index in [0.717, 1.165) is 41.7 Å². The predicted molar refractivity (Wildman–Crippen MR) is 75.3 cm³/mol. The Kier molecular flexibility index (Phi) is 5.03. The van der Waals surface area contributed by atoms with Gasteiger partial charge in [0.1, 0.15) is 0 Å². The van der Waals surface area contributed by atoms with Crippen molar-refractivity contribution in [3.05, 3.63) is 16.1 Å². The van der Waals surface area contributed by atoms with Crippen LogP contribution in [-0.4, -0.2) is 45.1 Å². The summed E-state index contributed by atoms with van der Waals surface area (Å²) in [6, 6.07) is 0.146. The van der Waals surface area contributed by atoms with Gasteiger partial charge >= 0.3 is 5.97 Å². The van der Waals surface area contributed by atoms with E-state index in [-0.39, 0.29) is 12.5 Å². The molecule has 4 nitrogen and oxygen atoms in total. The van der Waals surface area contributed by atoms with E-state index in [1.807, 2.05) is 11.8 Å². The number of rotatable bonds is 5. The molecule has 2 heterocycles. The number of nitrogens with zero attached hydrogens (tertiary/aromatic N) is 2. The monoisotopic (exact) mass is 286 g/mol. The lowest BCUT2D eigenvalue weighted by Gasteiger charge is -2.33. The third kappa shape index (κ3) is 3.70. The van der Waals surface area contributed by atoms with E-state index >= 15 is 0 Å². The van der Waals surface area contributed by atoms with Gasteiger partial charge in [-0.15, -0.1) is 11.3 Å². The van der Waals surface area contributed by atoms with E-state index in [1.165, 1.54) is 0 Å². The van der Waals surface area contributed by atoms with E-state index in [2.05, 4.69) is 22.2 Å². The molecule has 0 amide bonds. The quantitative estimate of drug-likeness (QED) is 0.898. The van der Waals surface area contributed by atoms with Crippen LogP contribution in [0.15, 0.2) is 5.38 Å². The first-order valence-electron chi connectivity index (χ1n) is 6.16. The standard InChI is InChI=1S/C12H18N2O2S2/c1-2-11-13-9(7-18-11)6-14-3-4-17-8-10(14)5-12(15)16/h7,10H,2-6,8H2,1H3,(H,15,16). The molecule has 1 atom stereocenters. The smallest absolute Gasteiger partial charge is 0.304 e. The molecule has 0 spiro atoms. The fourth-order valence-electron chi connectivity index (χ4n) is 2.08. The molecule has 1 aromatic heterocycles. The predicted octanol–water partition coefficient (Wildman–Crippen LogP) is 2.10. The van der Waals surface area contributed by atoms with Crippen LogP contribution >= 0.6 is 23.1 Å². The molecular formula is C12H18N2O2S2. The molecule has 0 bridgehead atoms. The molecule has 0 aromatic carbocycles. The van der Waals surface area contributed by atoms with Crippen LogP contribution in [0, 0.1) is 0 Å². The average Bonchev–Trinajstić information content (AvgIpc) is 2.79. The largest absolute Gasteiger partial charge is 0.481 e. The number of aromatic nitrogens is 1. The molecule has 18 heavy (non-hydrogen) atoms. The van der Waals surface area contributed by atoms with Crippen molar-refractivity contribution in [2.45, 2.75) is 32.4 Å². The van der Waals surface area contributed by atoms with Crippen LogP contribution in [0.5, 0.6) is 0 Å². The second-order valence-corrected chi connectivity index (χ2v) is 6.48. The van der Waals surface area contributed by atoms with Crippen LogP contribution in [0.3, 0.4) is 0 Å². The zero-order valence-corrected chi connectivity index (χ0v) is 12.1. The van der Waals surface area contributed by atoms with Crippen molar-refractivity contribution in [2.24, 2.45) is 0 Å². The first-order chi connectivity index (χ1) is 8.69. The molecular weight excluding hydrogens is 268 g/mol. The van der Waals surface area contributed by atoms with Gasteiger partial charge in [0.15, 0.2) is 0 Å². The highest BCUT2D eigenvalue weighted by Crippen LogP contribution is 2.22. The van der Waals surface area contributed by atoms with Crippen molar-refractivity contribution in [1.29, 1.82) is 0 Å². The highest BCUT2D eigenvalue weighted by atomic mass is 32.2. The van der Waals surface area contributed by atoms with Crippen molar-refractivity contribution in [2.75, 3.05) is 18.1 Å². The maximum absolute atomic E-state index is 10.9. The van der Waals surface area contributed by atoms with Crippen LogP contribution in [0.1, 0.15) is 24.0 Å². The number of hydrogen-bond donors (Lipinski definition) is 1. The second kappa shape index (κ2) is 6.54. The number of carboxylic acid groups (broad SMARTS) is 1. The van der Waals surface area contributed by atoms with E-state index in [0.29, 0.717) is 0 Å². The fraction of sp³-hybridized carbons (Fsp3) is 0.667. The van der Waals surface area contributed by atoms with Crippen LogP contribution in [-0.2, 0) is 17.8 Å². The molecule has 1 N–H and O–H groups in total. The lowest BCUT2D eigenvalue weighted by molar-refractivity contribution is -0.138. The lowest BCUT2D eigenvalue weighted by Crippen LogP contribution is -2.43. The molecule has 1 aromatic rings. The first kappa shape index (κ1) is 13.8. The first-order valence-corrected chi connectivity index (χ1v) is 8.19. The summed E-state index contributed by atoms with van der Waals surface area (Å²) in [4.78, 5) is 17.7. The summed E-state index contributed by atoms with van der Waals surface area (Å²) < 4.78 is 0. The number of hydrogen-bond acceptors (Lipinski definition) is 5. The van der Waals surface area contributed by atoms with Crippen molar-refractivity contribution in [1.82, 2.24) is 9.88 Å². The van der Waals surface area contributed by atoms with Gasteiger partial charge in [-0.25, -0.2) is 4.98 Å². The summed E-state index contributed by atoms with van der Waals surface area (Å²) in [5, 5.41) is 12.2. The van der Waals surface area contributed by atoms with Gasteiger partial charge in [-0.2, -0.15) is 11.8 Å². The molecule has 1 aliphatic rings. The molecule has 0 saturated carbocycles. The minimum atomic E-state index is -0.708. The van der Waals surface area contributed by atoms with Crippen LogP contribution in [0.25, 0.3) is 0 Å². The van der Waals surface area contributed by atoms with E-state index < -0.39 is 5.97 Å². The number of thiazole rings is 1. The summed E-state index contributed by atoms with van der Waals surface area (Å²) >= 11 is 3.54. The summed E-state index contributed by atoms with van der Waals surface area (Å²) in [5.74, 6) is 1.29. The minimum Gasteiger partial charge on any atom is -0.481 e. The Hall–Kier alpha value is -0.590. The number of carboxylic acids is 1. The highest BCUT2D eigenvalue weighted by Gasteiger charge is 2.25. The summed E-state index contributed by atoms with van der Waals surface area (Å²) in [6.45, 7) is 3.85. The van der Waals surface area contributed by atoms with Gasteiger partial charge in [0.05, 0.1) is 17.1 Å². The van der Waals surface area contributed by atoms with Crippen LogP contribution < -0.4 is 0 Å². The van der Waals surface area contributed by atoms with Gasteiger partial charge in [-0.1, -0.05) is 6.92 Å². The van der Waals surface area contributed by atoms with Gasteiger partial charge in [0.2, 0.25) is 0 Å². The van der Waals surface area contributed by atoms with Gasteiger partial charge in [0.25, 0.3) is 0 Å². The molecule has 6 heteroatoms. The minimum absolute atomic E-state index is 0.146. The Balaban J connectivity index is 1.98. The lowest BCUT2D eigenvalue weighted by atomic mass is 10.2. The molecule has 2 rings (SSSR count). The highest BCUT2D eigenvalue weighted by molar-refractivity contribution is 7.99. The van der Waals surface area contributed by atoms with Gasteiger partial charge < -0.3 is 5.11 Å². The van der Waals surface area contributed by atoms with E-state index in [1.54, 1.807) is 11.3 Å². The SMILES string of the molecule is CCc1nc(CN2CCSCC2CC(=O)O)cs1. The van der Waals surface area contributed by atoms with E-state index in [4.69, 9.17) is 5.11 Å². The Labute approximate surface area is 115 Å². The van der Waals surface area contributed by atoms with Gasteiger partial charge in [-0.05, 0) is 6.42 Å². The van der Waals surface area contributed by atoms with Crippen LogP contribution in [0.2, 0.25) is 0 Å². The Morgan fingerprint density at radius 1 is 1.67 bits per heavy atom. The summed E-state index contributed by atoms with van der Waals surface area (Å²) in [6.07, 6.45) is 1.21. The van der Waals surface area contributed by atoms with Crippen LogP contribution in [0.4, 0.5) is 0 Å². The third-order valence-corrected chi connectivity index (χ3v) is 5.16. The molecule has 100 valence electrons. The number of aliphatic carboxylic acids is 1. The Morgan fingerprint density at radius 2 is 2.50 bits per heavy atom. The molecule has 1 aliphatic heterocycles. The van der Waals surface area contributed by atoms with Crippen molar-refractivity contribution >= 4 is 29.1 Å². The Morgan fingerprint density at radius 3 is 3.17 bits per heavy atom. The summed E-state index contributed by atoms with van der Waals surface area (Å²) in [7, 11) is 0. The Bertz CT molecular complexity index is 409. The normalized spacial score (nSPS) is 21.1. The molecule has 1 unspecified atom stereocenters. The number of aryl methyl sites for hydroxylation is 1. The number of thioether (sulfide) groups is 1.